The van der Waals surface area contributed by atoms with Gasteiger partial charge in [0, 0.05) is 23.1 Å². The van der Waals surface area contributed by atoms with E-state index in [1.54, 1.807) is 43.3 Å². The fraction of sp³-hybridized carbons (Fsp3) is 0.0417. The van der Waals surface area contributed by atoms with E-state index in [1.165, 1.54) is 24.7 Å². The zero-order valence-corrected chi connectivity index (χ0v) is 17.4. The average molecular weight is 440 g/mol. The summed E-state index contributed by atoms with van der Waals surface area (Å²) in [4.78, 5) is 27.9. The highest BCUT2D eigenvalue weighted by molar-refractivity contribution is 6.03. The van der Waals surface area contributed by atoms with Crippen molar-refractivity contribution in [3.8, 4) is 46.5 Å². The van der Waals surface area contributed by atoms with Gasteiger partial charge in [-0.1, -0.05) is 18.2 Å². The molecule has 0 bridgehead atoms. The number of carbonyl (C=O) groups excluding carboxylic acids is 1. The van der Waals surface area contributed by atoms with Crippen LogP contribution in [-0.4, -0.2) is 25.8 Å². The summed E-state index contributed by atoms with van der Waals surface area (Å²) in [5, 5.41) is 2.56. The molecule has 2 aromatic carbocycles. The normalized spacial score (nSPS) is 10.3. The van der Waals surface area contributed by atoms with Crippen LogP contribution >= 0.6 is 0 Å². The topological polar surface area (TPSA) is 116 Å². The Bertz CT molecular complexity index is 1380. The molecule has 3 N–H and O–H groups in total. The molecule has 0 atom stereocenters. The molecule has 0 saturated carbocycles. The highest BCUT2D eigenvalue weighted by Gasteiger charge is 2.17. The Hall–Kier alpha value is -4.84. The maximum absolute atomic E-state index is 14.9. The van der Waals surface area contributed by atoms with E-state index < -0.39 is 11.7 Å². The van der Waals surface area contributed by atoms with E-state index in [1.807, 2.05) is 5.92 Å². The van der Waals surface area contributed by atoms with Gasteiger partial charge in [-0.3, -0.25) is 4.79 Å². The van der Waals surface area contributed by atoms with Crippen LogP contribution in [-0.2, 0) is 4.79 Å². The second kappa shape index (κ2) is 9.11. The number of ether oxygens (including phenoxy) is 1. The number of amides is 1. The van der Waals surface area contributed by atoms with Gasteiger partial charge in [-0.05, 0) is 48.7 Å². The summed E-state index contributed by atoms with van der Waals surface area (Å²) in [6.07, 6.45) is 7.93. The van der Waals surface area contributed by atoms with Gasteiger partial charge in [-0.25, -0.2) is 24.3 Å². The lowest BCUT2D eigenvalue weighted by Gasteiger charge is -2.13. The Morgan fingerprint density at radius 2 is 1.85 bits per heavy atom. The number of terminal acetylenes is 1. The molecule has 0 saturated heterocycles. The number of nitrogens with one attached hydrogen (secondary N) is 1. The molecule has 2 aromatic heterocycles. The van der Waals surface area contributed by atoms with Gasteiger partial charge in [-0.15, -0.1) is 6.42 Å². The molecule has 2 heterocycles. The minimum Gasteiger partial charge on any atom is -0.421 e. The molecular formula is C24H17FN6O2. The van der Waals surface area contributed by atoms with Crippen molar-refractivity contribution in [1.29, 1.82) is 0 Å². The molecule has 1 amide bonds. The van der Waals surface area contributed by atoms with Crippen LogP contribution in [0.5, 0.6) is 11.8 Å². The van der Waals surface area contributed by atoms with E-state index in [4.69, 9.17) is 16.9 Å². The summed E-state index contributed by atoms with van der Waals surface area (Å²) in [5.41, 5.74) is 9.44. The van der Waals surface area contributed by atoms with Gasteiger partial charge < -0.3 is 15.8 Å². The summed E-state index contributed by atoms with van der Waals surface area (Å²) in [7, 11) is 0. The third-order valence-electron chi connectivity index (χ3n) is 4.62. The molecule has 162 valence electrons. The van der Waals surface area contributed by atoms with Crippen LogP contribution in [0.4, 0.5) is 15.9 Å². The molecule has 4 rings (SSSR count). The number of aromatic nitrogens is 4. The van der Waals surface area contributed by atoms with Crippen molar-refractivity contribution in [2.24, 2.45) is 0 Å². The van der Waals surface area contributed by atoms with Gasteiger partial charge >= 0.3 is 6.01 Å². The molecule has 9 heteroatoms. The smallest absolute Gasteiger partial charge is 0.322 e. The van der Waals surface area contributed by atoms with E-state index >= 15 is 0 Å². The van der Waals surface area contributed by atoms with Gasteiger partial charge in [0.1, 0.15) is 12.1 Å². The Labute approximate surface area is 188 Å². The predicted octanol–water partition coefficient (Wildman–Crippen LogP) is 3.99. The van der Waals surface area contributed by atoms with Crippen molar-refractivity contribution in [3.05, 3.63) is 72.6 Å². The van der Waals surface area contributed by atoms with Gasteiger partial charge in [0.25, 0.3) is 5.91 Å². The highest BCUT2D eigenvalue weighted by atomic mass is 19.1. The van der Waals surface area contributed by atoms with Gasteiger partial charge in [0.05, 0.1) is 11.3 Å². The van der Waals surface area contributed by atoms with Crippen LogP contribution in [0, 0.1) is 25.1 Å². The highest BCUT2D eigenvalue weighted by Crippen LogP contribution is 2.36. The SMILES string of the molecule is C#CC(=O)Nc1ccc(-c2ncnc(N)c2-c2ccc(Oc3nccc(C)n3)c(F)c2)cc1. The van der Waals surface area contributed by atoms with E-state index in [2.05, 4.69) is 25.3 Å². The quantitative estimate of drug-likeness (QED) is 0.451. The minimum atomic E-state index is -0.626. The Morgan fingerprint density at radius 3 is 2.55 bits per heavy atom. The maximum Gasteiger partial charge on any atom is 0.322 e. The van der Waals surface area contributed by atoms with Crippen molar-refractivity contribution in [2.45, 2.75) is 6.92 Å². The third-order valence-corrected chi connectivity index (χ3v) is 4.62. The van der Waals surface area contributed by atoms with E-state index in [0.717, 1.165) is 0 Å². The molecule has 8 nitrogen and oxygen atoms in total. The van der Waals surface area contributed by atoms with Gasteiger partial charge in [0.2, 0.25) is 0 Å². The molecule has 0 radical (unpaired) electrons. The van der Waals surface area contributed by atoms with Crippen LogP contribution in [0.1, 0.15) is 5.69 Å². The molecular weight excluding hydrogens is 423 g/mol. The van der Waals surface area contributed by atoms with Crippen LogP contribution in [0.15, 0.2) is 61.1 Å². The number of anilines is 2. The summed E-state index contributed by atoms with van der Waals surface area (Å²) >= 11 is 0. The summed E-state index contributed by atoms with van der Waals surface area (Å²) in [6.45, 7) is 1.78. The lowest BCUT2D eigenvalue weighted by Crippen LogP contribution is -2.07. The Balaban J connectivity index is 1.68. The number of carbonyl (C=O) groups is 1. The summed E-state index contributed by atoms with van der Waals surface area (Å²) in [5.74, 6) is 0.955. The standard InChI is InChI=1S/C24H17FN6O2/c1-3-20(32)31-17-7-4-15(5-8-17)22-21(23(26)29-13-28-22)16-6-9-19(18(25)12-16)33-24-27-11-10-14(2)30-24/h1,4-13H,2H3,(H,31,32)(H2,26,28,29). The third kappa shape index (κ3) is 4.75. The first-order valence-corrected chi connectivity index (χ1v) is 9.70. The molecule has 4 aromatic rings. The number of hydrogen-bond donors (Lipinski definition) is 2. The predicted molar refractivity (Wildman–Crippen MR) is 122 cm³/mol. The molecule has 0 aliphatic heterocycles. The van der Waals surface area contributed by atoms with Crippen molar-refractivity contribution in [1.82, 2.24) is 19.9 Å². The number of nitrogen functional groups attached to an aromatic ring is 1. The van der Waals surface area contributed by atoms with Crippen LogP contribution in [0.25, 0.3) is 22.4 Å². The Kier molecular flexibility index (Phi) is 5.91. The first-order chi connectivity index (χ1) is 15.9. The average Bonchev–Trinajstić information content (AvgIpc) is 2.81. The molecule has 0 unspecified atom stereocenters. The zero-order valence-electron chi connectivity index (χ0n) is 17.4. The lowest BCUT2D eigenvalue weighted by atomic mass is 9.99. The van der Waals surface area contributed by atoms with Gasteiger partial charge in [-0.2, -0.15) is 0 Å². The number of nitrogens with zero attached hydrogens (tertiary/aromatic N) is 4. The van der Waals surface area contributed by atoms with Gasteiger partial charge in [0.15, 0.2) is 11.6 Å². The number of aryl methyl sites for hydroxylation is 1. The fourth-order valence-corrected chi connectivity index (χ4v) is 3.09. The minimum absolute atomic E-state index is 0.0325. The first kappa shape index (κ1) is 21.4. The number of benzene rings is 2. The largest absolute Gasteiger partial charge is 0.421 e. The summed E-state index contributed by atoms with van der Waals surface area (Å²) < 4.78 is 20.3. The lowest BCUT2D eigenvalue weighted by molar-refractivity contribution is -0.111. The molecule has 33 heavy (non-hydrogen) atoms. The van der Waals surface area contributed by atoms with Crippen molar-refractivity contribution >= 4 is 17.4 Å². The number of rotatable bonds is 5. The molecule has 0 spiro atoms. The van der Waals surface area contributed by atoms with Crippen LogP contribution < -0.4 is 15.8 Å². The number of hydrogen-bond acceptors (Lipinski definition) is 7. The first-order valence-electron chi connectivity index (χ1n) is 9.70. The monoisotopic (exact) mass is 440 g/mol. The molecule has 0 aliphatic rings. The van der Waals surface area contributed by atoms with E-state index in [-0.39, 0.29) is 17.6 Å². The van der Waals surface area contributed by atoms with Crippen molar-refractivity contribution in [3.63, 3.8) is 0 Å². The van der Waals surface area contributed by atoms with E-state index in [9.17, 15) is 9.18 Å². The molecule has 0 aliphatic carbocycles. The zero-order chi connectivity index (χ0) is 23.4. The van der Waals surface area contributed by atoms with Crippen molar-refractivity contribution in [2.75, 3.05) is 11.1 Å². The second-order valence-electron chi connectivity index (χ2n) is 6.89. The van der Waals surface area contributed by atoms with Crippen molar-refractivity contribution < 1.29 is 13.9 Å². The molecule has 0 fully saturated rings. The van der Waals surface area contributed by atoms with Crippen LogP contribution in [0.3, 0.4) is 0 Å². The number of halogens is 1. The van der Waals surface area contributed by atoms with E-state index in [0.29, 0.717) is 33.8 Å². The summed E-state index contributed by atoms with van der Waals surface area (Å²) in [6, 6.07) is 13.0. The Morgan fingerprint density at radius 1 is 1.09 bits per heavy atom. The maximum atomic E-state index is 14.9. The van der Waals surface area contributed by atoms with Crippen LogP contribution in [0.2, 0.25) is 0 Å². The second-order valence-corrected chi connectivity index (χ2v) is 6.89. The fourth-order valence-electron chi connectivity index (χ4n) is 3.09. The number of nitrogens with two attached hydrogens (primary N) is 1.